The van der Waals surface area contributed by atoms with Crippen LogP contribution in [0.1, 0.15) is 41.6 Å². The summed E-state index contributed by atoms with van der Waals surface area (Å²) in [6.07, 6.45) is 3.92. The minimum Gasteiger partial charge on any atom is -0.389 e. The van der Waals surface area contributed by atoms with E-state index in [0.29, 0.717) is 23.7 Å². The minimum absolute atomic E-state index is 0.413. The van der Waals surface area contributed by atoms with Crippen molar-refractivity contribution in [2.24, 2.45) is 5.73 Å². The van der Waals surface area contributed by atoms with Gasteiger partial charge in [-0.2, -0.15) is 0 Å². The van der Waals surface area contributed by atoms with Crippen molar-refractivity contribution in [1.82, 2.24) is 4.90 Å². The normalized spacial score (nSPS) is 17.6. The number of hydrogen-bond donors (Lipinski definition) is 2. The van der Waals surface area contributed by atoms with Crippen LogP contribution in [0.25, 0.3) is 0 Å². The predicted molar refractivity (Wildman–Crippen MR) is 79.7 cm³/mol. The Morgan fingerprint density at radius 1 is 1.45 bits per heavy atom. The van der Waals surface area contributed by atoms with Gasteiger partial charge in [-0.1, -0.05) is 30.5 Å². The quantitative estimate of drug-likeness (QED) is 0.875. The zero-order valence-corrected chi connectivity index (χ0v) is 12.5. The molecule has 1 amide bonds. The lowest BCUT2D eigenvalue weighted by Crippen LogP contribution is -2.38. The van der Waals surface area contributed by atoms with Crippen LogP contribution in [0.5, 0.6) is 0 Å². The Kier molecular flexibility index (Phi) is 4.68. The Balaban J connectivity index is 2.00. The topological polar surface area (TPSA) is 66.6 Å². The molecule has 4 nitrogen and oxygen atoms in total. The number of rotatable bonds is 5. The lowest BCUT2D eigenvalue weighted by Gasteiger charge is -2.28. The monoisotopic (exact) mass is 296 g/mol. The van der Waals surface area contributed by atoms with Crippen molar-refractivity contribution >= 4 is 17.5 Å². The molecule has 0 atom stereocenters. The van der Waals surface area contributed by atoms with Crippen molar-refractivity contribution in [3.8, 4) is 0 Å². The third-order valence-electron chi connectivity index (χ3n) is 3.88. The lowest BCUT2D eigenvalue weighted by atomic mass is 10.0. The molecule has 5 heteroatoms. The molecule has 0 radical (unpaired) electrons. The third kappa shape index (κ3) is 3.72. The highest BCUT2D eigenvalue weighted by Crippen LogP contribution is 2.30. The van der Waals surface area contributed by atoms with Gasteiger partial charge in [-0.15, -0.1) is 0 Å². The van der Waals surface area contributed by atoms with E-state index < -0.39 is 11.5 Å². The van der Waals surface area contributed by atoms with E-state index in [2.05, 4.69) is 4.90 Å². The fraction of sp³-hybridized carbons (Fsp3) is 0.533. The largest absolute Gasteiger partial charge is 0.389 e. The summed E-state index contributed by atoms with van der Waals surface area (Å²) in [5.41, 5.74) is 6.00. The Labute approximate surface area is 124 Å². The standard InChI is InChI=1S/C15H21ClN2O2/c1-18(10-15(20)6-2-3-7-15)9-12-5-4-11(14(17)19)8-13(12)16/h4-5,8,20H,2-3,6-7,9-10H2,1H3,(H2,17,19). The molecular weight excluding hydrogens is 276 g/mol. The summed E-state index contributed by atoms with van der Waals surface area (Å²) in [5.74, 6) is -0.480. The highest BCUT2D eigenvalue weighted by Gasteiger charge is 2.32. The van der Waals surface area contributed by atoms with Gasteiger partial charge in [0.05, 0.1) is 5.60 Å². The van der Waals surface area contributed by atoms with Crippen molar-refractivity contribution in [1.29, 1.82) is 0 Å². The number of hydrogen-bond acceptors (Lipinski definition) is 3. The average Bonchev–Trinajstić information content (AvgIpc) is 2.77. The Bertz CT molecular complexity index is 499. The summed E-state index contributed by atoms with van der Waals surface area (Å²) in [4.78, 5) is 13.1. The van der Waals surface area contributed by atoms with Gasteiger partial charge >= 0.3 is 0 Å². The fourth-order valence-corrected chi connectivity index (χ4v) is 3.11. The third-order valence-corrected chi connectivity index (χ3v) is 4.23. The first kappa shape index (κ1) is 15.3. The molecule has 0 bridgehead atoms. The molecule has 2 rings (SSSR count). The van der Waals surface area contributed by atoms with Crippen molar-refractivity contribution in [3.63, 3.8) is 0 Å². The summed E-state index contributed by atoms with van der Waals surface area (Å²) in [6.45, 7) is 1.28. The molecule has 0 spiro atoms. The maximum atomic E-state index is 11.1. The Morgan fingerprint density at radius 3 is 2.65 bits per heavy atom. The van der Waals surface area contributed by atoms with Crippen molar-refractivity contribution in [2.75, 3.05) is 13.6 Å². The first-order chi connectivity index (χ1) is 9.39. The molecule has 1 aromatic carbocycles. The zero-order chi connectivity index (χ0) is 14.8. The minimum atomic E-state index is -0.561. The lowest BCUT2D eigenvalue weighted by molar-refractivity contribution is 0.0145. The summed E-state index contributed by atoms with van der Waals surface area (Å²) < 4.78 is 0. The molecule has 20 heavy (non-hydrogen) atoms. The second-order valence-corrected chi connectivity index (χ2v) is 6.18. The molecule has 1 aliphatic rings. The highest BCUT2D eigenvalue weighted by molar-refractivity contribution is 6.31. The molecule has 0 unspecified atom stereocenters. The van der Waals surface area contributed by atoms with Gasteiger partial charge in [-0.25, -0.2) is 0 Å². The van der Waals surface area contributed by atoms with Gasteiger partial charge in [0, 0.05) is 23.7 Å². The molecule has 1 aromatic rings. The number of aliphatic hydroxyl groups is 1. The van der Waals surface area contributed by atoms with Gasteiger partial charge in [-0.05, 0) is 37.6 Å². The molecular formula is C15H21ClN2O2. The van der Waals surface area contributed by atoms with Gasteiger partial charge in [-0.3, -0.25) is 9.69 Å². The Hall–Kier alpha value is -1.10. The molecule has 0 aromatic heterocycles. The number of carbonyl (C=O) groups excluding carboxylic acids is 1. The summed E-state index contributed by atoms with van der Waals surface area (Å²) in [7, 11) is 1.97. The fourth-order valence-electron chi connectivity index (χ4n) is 2.87. The Morgan fingerprint density at radius 2 is 2.10 bits per heavy atom. The van der Waals surface area contributed by atoms with Crippen LogP contribution in [0, 0.1) is 0 Å². The van der Waals surface area contributed by atoms with Crippen LogP contribution in [-0.4, -0.2) is 35.1 Å². The summed E-state index contributed by atoms with van der Waals surface area (Å²) >= 11 is 6.17. The van der Waals surface area contributed by atoms with E-state index in [0.717, 1.165) is 31.2 Å². The van der Waals surface area contributed by atoms with E-state index in [9.17, 15) is 9.90 Å². The van der Waals surface area contributed by atoms with Crippen LogP contribution in [0.4, 0.5) is 0 Å². The molecule has 1 fully saturated rings. The SMILES string of the molecule is CN(Cc1ccc(C(N)=O)cc1Cl)CC1(O)CCCC1. The number of nitrogens with two attached hydrogens (primary N) is 1. The van der Waals surface area contributed by atoms with Crippen LogP contribution < -0.4 is 5.73 Å². The smallest absolute Gasteiger partial charge is 0.248 e. The maximum Gasteiger partial charge on any atom is 0.248 e. The van der Waals surface area contributed by atoms with E-state index in [4.69, 9.17) is 17.3 Å². The van der Waals surface area contributed by atoms with Crippen LogP contribution in [0.2, 0.25) is 5.02 Å². The molecule has 110 valence electrons. The number of nitrogens with zero attached hydrogens (tertiary/aromatic N) is 1. The number of halogens is 1. The number of primary amides is 1. The first-order valence-corrected chi connectivity index (χ1v) is 7.27. The van der Waals surface area contributed by atoms with Crippen molar-refractivity contribution in [3.05, 3.63) is 34.3 Å². The number of likely N-dealkylation sites (N-methyl/N-ethyl adjacent to an activating group) is 1. The van der Waals surface area contributed by atoms with Gasteiger partial charge in [0.25, 0.3) is 0 Å². The predicted octanol–water partition coefficient (Wildman–Crippen LogP) is 2.18. The van der Waals surface area contributed by atoms with Crippen LogP contribution in [0.3, 0.4) is 0 Å². The van der Waals surface area contributed by atoms with Crippen molar-refractivity contribution < 1.29 is 9.90 Å². The second kappa shape index (κ2) is 6.12. The number of amides is 1. The molecule has 3 N–H and O–H groups in total. The molecule has 0 saturated heterocycles. The summed E-state index contributed by atoms with van der Waals surface area (Å²) in [5, 5.41) is 10.9. The number of carbonyl (C=O) groups is 1. The number of benzene rings is 1. The van der Waals surface area contributed by atoms with Gasteiger partial charge in [0.15, 0.2) is 0 Å². The van der Waals surface area contributed by atoms with E-state index in [1.165, 1.54) is 0 Å². The average molecular weight is 297 g/mol. The van der Waals surface area contributed by atoms with Gasteiger partial charge < -0.3 is 10.8 Å². The van der Waals surface area contributed by atoms with E-state index in [-0.39, 0.29) is 0 Å². The van der Waals surface area contributed by atoms with Gasteiger partial charge in [0.2, 0.25) is 5.91 Å². The molecule has 0 heterocycles. The first-order valence-electron chi connectivity index (χ1n) is 6.89. The van der Waals surface area contributed by atoms with E-state index in [1.54, 1.807) is 12.1 Å². The highest BCUT2D eigenvalue weighted by atomic mass is 35.5. The molecule has 1 saturated carbocycles. The van der Waals surface area contributed by atoms with Crippen LogP contribution in [0.15, 0.2) is 18.2 Å². The van der Waals surface area contributed by atoms with Crippen LogP contribution in [-0.2, 0) is 6.54 Å². The van der Waals surface area contributed by atoms with Crippen LogP contribution >= 0.6 is 11.6 Å². The molecule has 1 aliphatic carbocycles. The second-order valence-electron chi connectivity index (χ2n) is 5.77. The van der Waals surface area contributed by atoms with Crippen molar-refractivity contribution in [2.45, 2.75) is 37.8 Å². The molecule has 0 aliphatic heterocycles. The van der Waals surface area contributed by atoms with E-state index >= 15 is 0 Å². The zero-order valence-electron chi connectivity index (χ0n) is 11.7. The summed E-state index contributed by atoms with van der Waals surface area (Å²) in [6, 6.07) is 5.09. The van der Waals surface area contributed by atoms with Gasteiger partial charge in [0.1, 0.15) is 0 Å². The maximum absolute atomic E-state index is 11.1. The van der Waals surface area contributed by atoms with E-state index in [1.807, 2.05) is 13.1 Å².